The summed E-state index contributed by atoms with van der Waals surface area (Å²) in [5, 5.41) is 4.82. The Morgan fingerprint density at radius 1 is 1.22 bits per heavy atom. The van der Waals surface area contributed by atoms with Crippen LogP contribution in [-0.2, 0) is 4.79 Å². The Morgan fingerprint density at radius 3 is 2.70 bits per heavy atom. The molecule has 4 rings (SSSR count). The molecule has 0 aliphatic carbocycles. The Labute approximate surface area is 161 Å². The molecule has 138 valence electrons. The zero-order valence-corrected chi connectivity index (χ0v) is 15.8. The van der Waals surface area contributed by atoms with Crippen molar-refractivity contribution < 1.29 is 9.59 Å². The first-order valence-electron chi connectivity index (χ1n) is 8.89. The van der Waals surface area contributed by atoms with Gasteiger partial charge in [0.15, 0.2) is 0 Å². The van der Waals surface area contributed by atoms with E-state index < -0.39 is 6.04 Å². The van der Waals surface area contributed by atoms with E-state index in [0.29, 0.717) is 17.8 Å². The molecule has 0 radical (unpaired) electrons. The molecule has 7 heteroatoms. The van der Waals surface area contributed by atoms with Gasteiger partial charge < -0.3 is 14.8 Å². The van der Waals surface area contributed by atoms with Crippen molar-refractivity contribution in [3.8, 4) is 5.69 Å². The van der Waals surface area contributed by atoms with Crippen molar-refractivity contribution in [3.63, 3.8) is 0 Å². The van der Waals surface area contributed by atoms with Gasteiger partial charge in [-0.2, -0.15) is 0 Å². The average Bonchev–Trinajstić information content (AvgIpc) is 3.43. The van der Waals surface area contributed by atoms with Crippen LogP contribution < -0.4 is 5.32 Å². The van der Waals surface area contributed by atoms with Gasteiger partial charge in [0.05, 0.1) is 4.88 Å². The fourth-order valence-electron chi connectivity index (χ4n) is 3.41. The molecule has 27 heavy (non-hydrogen) atoms. The van der Waals surface area contributed by atoms with Gasteiger partial charge in [0.1, 0.15) is 11.9 Å². The van der Waals surface area contributed by atoms with Crippen LogP contribution in [0.2, 0.25) is 0 Å². The molecule has 1 aromatic carbocycles. The number of benzene rings is 1. The number of likely N-dealkylation sites (tertiary alicyclic amines) is 1. The Morgan fingerprint density at radius 2 is 2.04 bits per heavy atom. The number of hydrogen-bond acceptors (Lipinski definition) is 4. The van der Waals surface area contributed by atoms with Gasteiger partial charge in [-0.25, -0.2) is 4.98 Å². The molecule has 1 fully saturated rings. The topological polar surface area (TPSA) is 67.2 Å². The fraction of sp³-hybridized carbons (Fsp3) is 0.250. The van der Waals surface area contributed by atoms with E-state index in [9.17, 15) is 9.59 Å². The third-order valence-corrected chi connectivity index (χ3v) is 5.64. The number of hydrogen-bond donors (Lipinski definition) is 1. The number of carbonyl (C=O) groups excluding carboxylic acids is 2. The van der Waals surface area contributed by atoms with Crippen molar-refractivity contribution >= 4 is 28.8 Å². The summed E-state index contributed by atoms with van der Waals surface area (Å²) in [6.07, 6.45) is 5.18. The Bertz CT molecular complexity index is 947. The molecule has 3 aromatic rings. The van der Waals surface area contributed by atoms with E-state index in [2.05, 4.69) is 10.3 Å². The molecule has 1 atom stereocenters. The molecule has 0 bridgehead atoms. The minimum Gasteiger partial charge on any atom is -0.326 e. The largest absolute Gasteiger partial charge is 0.326 e. The first-order chi connectivity index (χ1) is 13.1. The van der Waals surface area contributed by atoms with Crippen molar-refractivity contribution in [2.75, 3.05) is 11.9 Å². The second-order valence-corrected chi connectivity index (χ2v) is 7.46. The molecule has 1 aliphatic rings. The first-order valence-corrected chi connectivity index (χ1v) is 9.77. The SMILES string of the molecule is Cc1nccn1-c1ccc(NC(=O)[C@H]2CCCN2C(=O)c2cccs2)cc1. The van der Waals surface area contributed by atoms with E-state index >= 15 is 0 Å². The second kappa shape index (κ2) is 7.36. The summed E-state index contributed by atoms with van der Waals surface area (Å²) >= 11 is 1.41. The standard InChI is InChI=1S/C20H20N4O2S/c1-14-21-10-12-23(14)16-8-6-15(7-9-16)22-19(25)17-4-2-11-24(17)20(26)18-5-3-13-27-18/h3,5-10,12-13,17H,2,4,11H2,1H3,(H,22,25)/t17-/m1/s1. The minimum absolute atomic E-state index is 0.0615. The highest BCUT2D eigenvalue weighted by Gasteiger charge is 2.34. The molecule has 1 N–H and O–H groups in total. The van der Waals surface area contributed by atoms with Gasteiger partial charge >= 0.3 is 0 Å². The van der Waals surface area contributed by atoms with E-state index in [1.807, 2.05) is 53.4 Å². The number of carbonyl (C=O) groups is 2. The number of aryl methyl sites for hydroxylation is 1. The average molecular weight is 380 g/mol. The molecule has 0 saturated carbocycles. The summed E-state index contributed by atoms with van der Waals surface area (Å²) in [6.45, 7) is 2.56. The van der Waals surface area contributed by atoms with Crippen LogP contribution in [0.25, 0.3) is 5.69 Å². The van der Waals surface area contributed by atoms with Crippen LogP contribution in [0.3, 0.4) is 0 Å². The lowest BCUT2D eigenvalue weighted by molar-refractivity contribution is -0.119. The quantitative estimate of drug-likeness (QED) is 0.753. The summed E-state index contributed by atoms with van der Waals surface area (Å²) in [5.74, 6) is 0.707. The number of amides is 2. The molecule has 1 saturated heterocycles. The van der Waals surface area contributed by atoms with Crippen molar-refractivity contribution in [2.24, 2.45) is 0 Å². The fourth-order valence-corrected chi connectivity index (χ4v) is 4.08. The highest BCUT2D eigenvalue weighted by Crippen LogP contribution is 2.24. The van der Waals surface area contributed by atoms with Crippen LogP contribution in [-0.4, -0.2) is 38.9 Å². The maximum atomic E-state index is 12.8. The summed E-state index contributed by atoms with van der Waals surface area (Å²) in [7, 11) is 0. The number of aromatic nitrogens is 2. The number of anilines is 1. The lowest BCUT2D eigenvalue weighted by atomic mass is 10.2. The first kappa shape index (κ1) is 17.5. The predicted octanol–water partition coefficient (Wildman–Crippen LogP) is 3.49. The molecule has 6 nitrogen and oxygen atoms in total. The molecular weight excluding hydrogens is 360 g/mol. The second-order valence-electron chi connectivity index (χ2n) is 6.51. The van der Waals surface area contributed by atoms with Crippen LogP contribution in [0.15, 0.2) is 54.2 Å². The van der Waals surface area contributed by atoms with Gasteiger partial charge in [-0.3, -0.25) is 9.59 Å². The Hall–Kier alpha value is -2.93. The van der Waals surface area contributed by atoms with Gasteiger partial charge in [-0.1, -0.05) is 6.07 Å². The zero-order valence-electron chi connectivity index (χ0n) is 15.0. The van der Waals surface area contributed by atoms with Crippen molar-refractivity contribution in [2.45, 2.75) is 25.8 Å². The van der Waals surface area contributed by atoms with Crippen LogP contribution in [0.5, 0.6) is 0 Å². The molecule has 2 aromatic heterocycles. The minimum atomic E-state index is -0.421. The van der Waals surface area contributed by atoms with Gasteiger partial charge in [0, 0.05) is 30.3 Å². The van der Waals surface area contributed by atoms with Crippen LogP contribution >= 0.6 is 11.3 Å². The van der Waals surface area contributed by atoms with Crippen LogP contribution in [0.4, 0.5) is 5.69 Å². The smallest absolute Gasteiger partial charge is 0.264 e. The zero-order chi connectivity index (χ0) is 18.8. The van der Waals surface area contributed by atoms with E-state index in [1.165, 1.54) is 11.3 Å². The van der Waals surface area contributed by atoms with E-state index in [1.54, 1.807) is 17.2 Å². The number of nitrogens with zero attached hydrogens (tertiary/aromatic N) is 3. The summed E-state index contributed by atoms with van der Waals surface area (Å²) in [5.41, 5.74) is 1.70. The summed E-state index contributed by atoms with van der Waals surface area (Å²) in [6, 6.07) is 10.8. The van der Waals surface area contributed by atoms with Gasteiger partial charge in [0.25, 0.3) is 5.91 Å². The molecule has 3 heterocycles. The predicted molar refractivity (Wildman–Crippen MR) is 105 cm³/mol. The Balaban J connectivity index is 1.45. The normalized spacial score (nSPS) is 16.5. The van der Waals surface area contributed by atoms with Crippen molar-refractivity contribution in [3.05, 3.63) is 64.9 Å². The molecule has 0 spiro atoms. The highest BCUT2D eigenvalue weighted by molar-refractivity contribution is 7.12. The number of nitrogens with one attached hydrogen (secondary N) is 1. The van der Waals surface area contributed by atoms with Crippen LogP contribution in [0.1, 0.15) is 28.3 Å². The van der Waals surface area contributed by atoms with Gasteiger partial charge in [-0.15, -0.1) is 11.3 Å². The molecule has 2 amide bonds. The van der Waals surface area contributed by atoms with Gasteiger partial charge in [0.2, 0.25) is 5.91 Å². The molecule has 1 aliphatic heterocycles. The lowest BCUT2D eigenvalue weighted by Crippen LogP contribution is -2.42. The number of imidazole rings is 1. The lowest BCUT2D eigenvalue weighted by Gasteiger charge is -2.23. The van der Waals surface area contributed by atoms with E-state index in [0.717, 1.165) is 23.6 Å². The maximum absolute atomic E-state index is 12.8. The third kappa shape index (κ3) is 3.50. The summed E-state index contributed by atoms with van der Waals surface area (Å²) in [4.78, 5) is 32.0. The maximum Gasteiger partial charge on any atom is 0.264 e. The van der Waals surface area contributed by atoms with Crippen LogP contribution in [0, 0.1) is 6.92 Å². The number of thiophene rings is 1. The number of rotatable bonds is 4. The monoisotopic (exact) mass is 380 g/mol. The highest BCUT2D eigenvalue weighted by atomic mass is 32.1. The van der Waals surface area contributed by atoms with Crippen molar-refractivity contribution in [1.29, 1.82) is 0 Å². The van der Waals surface area contributed by atoms with Gasteiger partial charge in [-0.05, 0) is 55.5 Å². The molecular formula is C20H20N4O2S. The summed E-state index contributed by atoms with van der Waals surface area (Å²) < 4.78 is 1.98. The third-order valence-electron chi connectivity index (χ3n) is 4.79. The van der Waals surface area contributed by atoms with E-state index in [-0.39, 0.29) is 11.8 Å². The van der Waals surface area contributed by atoms with Crippen molar-refractivity contribution in [1.82, 2.24) is 14.5 Å². The molecule has 0 unspecified atom stereocenters. The Kier molecular flexibility index (Phi) is 4.77. The van der Waals surface area contributed by atoms with E-state index in [4.69, 9.17) is 0 Å².